The largest absolute Gasteiger partial charge is 0.331 e. The van der Waals surface area contributed by atoms with E-state index >= 15 is 0 Å². The number of aryl methyl sites for hydroxylation is 2. The van der Waals surface area contributed by atoms with Gasteiger partial charge in [0.05, 0.1) is 23.8 Å². The summed E-state index contributed by atoms with van der Waals surface area (Å²) < 4.78 is 2.09. The molecule has 1 aromatic carbocycles. The van der Waals surface area contributed by atoms with Crippen molar-refractivity contribution in [3.63, 3.8) is 0 Å². The number of hydrogen-bond acceptors (Lipinski definition) is 2. The summed E-state index contributed by atoms with van der Waals surface area (Å²) in [5.74, 6) is 1.03. The van der Waals surface area contributed by atoms with Gasteiger partial charge in [-0.15, -0.1) is 0 Å². The molecule has 0 unspecified atom stereocenters. The van der Waals surface area contributed by atoms with Crippen molar-refractivity contribution in [1.82, 2.24) is 14.5 Å². The third kappa shape index (κ3) is 1.37. The van der Waals surface area contributed by atoms with Crippen LogP contribution in [0.1, 0.15) is 12.7 Å². The number of rotatable bonds is 1. The van der Waals surface area contributed by atoms with E-state index in [1.54, 1.807) is 12.3 Å². The maximum Gasteiger partial charge on any atom is 0.188 e. The van der Waals surface area contributed by atoms with Crippen LogP contribution in [-0.4, -0.2) is 14.5 Å². The van der Waals surface area contributed by atoms with Crippen molar-refractivity contribution in [3.8, 4) is 0 Å². The lowest BCUT2D eigenvalue weighted by Crippen LogP contribution is -1.95. The van der Waals surface area contributed by atoms with Crippen molar-refractivity contribution in [1.29, 1.82) is 0 Å². The van der Waals surface area contributed by atoms with Crippen LogP contribution in [0.4, 0.5) is 5.69 Å². The molecule has 18 heavy (non-hydrogen) atoms. The zero-order valence-electron chi connectivity index (χ0n) is 10.3. The first-order valence-corrected chi connectivity index (χ1v) is 5.86. The monoisotopic (exact) mass is 236 g/mol. The van der Waals surface area contributed by atoms with Gasteiger partial charge in [-0.05, 0) is 12.1 Å². The average molecular weight is 236 g/mol. The lowest BCUT2D eigenvalue weighted by molar-refractivity contribution is 0.830. The number of imidazole rings is 1. The molecule has 3 rings (SSSR count). The first-order chi connectivity index (χ1) is 8.74. The van der Waals surface area contributed by atoms with Gasteiger partial charge in [0.15, 0.2) is 5.69 Å². The van der Waals surface area contributed by atoms with Crippen molar-refractivity contribution in [3.05, 3.63) is 41.6 Å². The highest BCUT2D eigenvalue weighted by atomic mass is 15.1. The number of nitrogens with zero attached hydrogens (tertiary/aromatic N) is 4. The maximum absolute atomic E-state index is 7.10. The van der Waals surface area contributed by atoms with Crippen molar-refractivity contribution in [2.75, 3.05) is 0 Å². The summed E-state index contributed by atoms with van der Waals surface area (Å²) in [5.41, 5.74) is 3.49. The second-order valence-corrected chi connectivity index (χ2v) is 4.25. The summed E-state index contributed by atoms with van der Waals surface area (Å²) >= 11 is 0. The molecular formula is C14H12N4. The van der Waals surface area contributed by atoms with Gasteiger partial charge in [-0.1, -0.05) is 13.0 Å². The second-order valence-electron chi connectivity index (χ2n) is 4.25. The lowest BCUT2D eigenvalue weighted by atomic mass is 10.1. The van der Waals surface area contributed by atoms with Crippen LogP contribution >= 0.6 is 0 Å². The number of aromatic nitrogens is 3. The fourth-order valence-electron chi connectivity index (χ4n) is 2.32. The predicted molar refractivity (Wildman–Crippen MR) is 71.7 cm³/mol. The molecule has 0 radical (unpaired) electrons. The van der Waals surface area contributed by atoms with Crippen LogP contribution in [0, 0.1) is 6.57 Å². The number of hydrogen-bond donors (Lipinski definition) is 0. The van der Waals surface area contributed by atoms with Gasteiger partial charge in [0.1, 0.15) is 11.3 Å². The Morgan fingerprint density at radius 1 is 1.33 bits per heavy atom. The molecule has 2 heterocycles. The minimum Gasteiger partial charge on any atom is -0.331 e. The van der Waals surface area contributed by atoms with E-state index in [1.165, 1.54) is 0 Å². The molecule has 0 aliphatic rings. The van der Waals surface area contributed by atoms with Gasteiger partial charge in [0, 0.05) is 18.9 Å². The van der Waals surface area contributed by atoms with Gasteiger partial charge in [0.2, 0.25) is 0 Å². The predicted octanol–water partition coefficient (Wildman–Crippen LogP) is 3.23. The van der Waals surface area contributed by atoms with Crippen molar-refractivity contribution >= 4 is 27.6 Å². The van der Waals surface area contributed by atoms with Crippen LogP contribution in [0.3, 0.4) is 0 Å². The van der Waals surface area contributed by atoms with E-state index in [-0.39, 0.29) is 0 Å². The Bertz CT molecular complexity index is 793. The second kappa shape index (κ2) is 3.81. The van der Waals surface area contributed by atoms with Gasteiger partial charge in [-0.2, -0.15) is 0 Å². The zero-order chi connectivity index (χ0) is 12.7. The molecule has 0 saturated heterocycles. The first kappa shape index (κ1) is 10.7. The Kier molecular flexibility index (Phi) is 2.27. The van der Waals surface area contributed by atoms with Gasteiger partial charge in [-0.25, -0.2) is 9.83 Å². The lowest BCUT2D eigenvalue weighted by Gasteiger charge is -2.03. The van der Waals surface area contributed by atoms with Crippen molar-refractivity contribution in [2.24, 2.45) is 7.05 Å². The molecule has 4 nitrogen and oxygen atoms in total. The molecule has 0 amide bonds. The highest BCUT2D eigenvalue weighted by molar-refractivity contribution is 6.03. The summed E-state index contributed by atoms with van der Waals surface area (Å²) in [6.45, 7) is 9.19. The van der Waals surface area contributed by atoms with Crippen molar-refractivity contribution in [2.45, 2.75) is 13.3 Å². The molecule has 3 aromatic rings. The van der Waals surface area contributed by atoms with Crippen LogP contribution in [0.15, 0.2) is 24.4 Å². The van der Waals surface area contributed by atoms with E-state index in [4.69, 9.17) is 6.57 Å². The summed E-state index contributed by atoms with van der Waals surface area (Å²) in [5, 5.41) is 0.996. The summed E-state index contributed by atoms with van der Waals surface area (Å²) in [6.07, 6.45) is 2.68. The molecule has 0 aliphatic heterocycles. The van der Waals surface area contributed by atoms with Crippen molar-refractivity contribution < 1.29 is 0 Å². The third-order valence-corrected chi connectivity index (χ3v) is 3.22. The standard InChI is InChI=1S/C14H12N4/c1-4-13-17-12-8-16-11-6-5-9(15-2)7-10(11)14(12)18(13)3/h5-8H,4H2,1,3H3. The molecular weight excluding hydrogens is 224 g/mol. The van der Waals surface area contributed by atoms with Gasteiger partial charge >= 0.3 is 0 Å². The topological polar surface area (TPSA) is 35.1 Å². The Labute approximate surface area is 105 Å². The van der Waals surface area contributed by atoms with Crippen LogP contribution < -0.4 is 0 Å². The molecule has 0 bridgehead atoms. The van der Waals surface area contributed by atoms with Gasteiger partial charge in [0.25, 0.3) is 0 Å². The number of pyridine rings is 1. The number of benzene rings is 1. The SMILES string of the molecule is [C-]#[N+]c1ccc2ncc3nc(CC)n(C)c3c2c1. The molecule has 88 valence electrons. The summed E-state index contributed by atoms with van der Waals surface area (Å²) in [7, 11) is 2.01. The van der Waals surface area contributed by atoms with E-state index in [1.807, 2.05) is 19.2 Å². The minimum atomic E-state index is 0.635. The molecule has 0 atom stereocenters. The minimum absolute atomic E-state index is 0.635. The Hall–Kier alpha value is -2.41. The Balaban J connectivity index is 2.50. The Morgan fingerprint density at radius 2 is 2.17 bits per heavy atom. The van der Waals surface area contributed by atoms with Crippen LogP contribution in [-0.2, 0) is 13.5 Å². The van der Waals surface area contributed by atoms with E-state index in [0.29, 0.717) is 5.69 Å². The smallest absolute Gasteiger partial charge is 0.188 e. The first-order valence-electron chi connectivity index (χ1n) is 5.86. The van der Waals surface area contributed by atoms with Crippen LogP contribution in [0.2, 0.25) is 0 Å². The molecule has 4 heteroatoms. The molecule has 0 saturated carbocycles. The quantitative estimate of drug-likeness (QED) is 0.608. The zero-order valence-corrected chi connectivity index (χ0v) is 10.3. The molecule has 0 fully saturated rings. The van der Waals surface area contributed by atoms with Gasteiger partial charge in [-0.3, -0.25) is 4.98 Å². The third-order valence-electron chi connectivity index (χ3n) is 3.22. The summed E-state index contributed by atoms with van der Waals surface area (Å²) in [6, 6.07) is 5.57. The molecule has 0 spiro atoms. The average Bonchev–Trinajstić information content (AvgIpc) is 2.75. The van der Waals surface area contributed by atoms with Gasteiger partial charge < -0.3 is 4.57 Å². The van der Waals surface area contributed by atoms with Crippen LogP contribution in [0.5, 0.6) is 0 Å². The molecule has 2 aromatic heterocycles. The molecule has 0 aliphatic carbocycles. The maximum atomic E-state index is 7.10. The van der Waals surface area contributed by atoms with E-state index in [2.05, 4.69) is 26.3 Å². The highest BCUT2D eigenvalue weighted by Gasteiger charge is 2.10. The normalized spacial score (nSPS) is 10.9. The van der Waals surface area contributed by atoms with E-state index in [0.717, 1.165) is 34.2 Å². The highest BCUT2D eigenvalue weighted by Crippen LogP contribution is 2.27. The van der Waals surface area contributed by atoms with Crippen LogP contribution in [0.25, 0.3) is 26.8 Å². The van der Waals surface area contributed by atoms with E-state index < -0.39 is 0 Å². The fourth-order valence-corrected chi connectivity index (χ4v) is 2.32. The summed E-state index contributed by atoms with van der Waals surface area (Å²) in [4.78, 5) is 12.4. The van der Waals surface area contributed by atoms with E-state index in [9.17, 15) is 0 Å². The Morgan fingerprint density at radius 3 is 2.89 bits per heavy atom. The molecule has 0 N–H and O–H groups in total. The number of fused-ring (bicyclic) bond motifs is 3. The fraction of sp³-hybridized carbons (Fsp3) is 0.214.